The van der Waals surface area contributed by atoms with Crippen LogP contribution in [0.15, 0.2) is 146 Å². The number of ether oxygens (including phenoxy) is 4. The average molecular weight is 1430 g/mol. The summed E-state index contributed by atoms with van der Waals surface area (Å²) in [6.07, 6.45) is 89.2. The van der Waals surface area contributed by atoms with Crippen molar-refractivity contribution < 1.29 is 64.6 Å². The van der Waals surface area contributed by atoms with Gasteiger partial charge in [0.1, 0.15) is 48.8 Å². The fourth-order valence-corrected chi connectivity index (χ4v) is 12.6. The van der Waals surface area contributed by atoms with Crippen LogP contribution in [-0.4, -0.2) is 140 Å². The molecular formula is C88H149NO13. The number of rotatable bonds is 67. The van der Waals surface area contributed by atoms with E-state index in [0.29, 0.717) is 12.8 Å². The Morgan fingerprint density at radius 1 is 0.363 bits per heavy atom. The van der Waals surface area contributed by atoms with Gasteiger partial charge in [-0.15, -0.1) is 0 Å². The van der Waals surface area contributed by atoms with Crippen LogP contribution in [0.3, 0.4) is 0 Å². The third-order valence-corrected chi connectivity index (χ3v) is 19.0. The van der Waals surface area contributed by atoms with Crippen molar-refractivity contribution in [2.45, 2.75) is 383 Å². The second kappa shape index (κ2) is 69.9. The predicted octanol–water partition coefficient (Wildman–Crippen LogP) is 19.1. The van der Waals surface area contributed by atoms with Gasteiger partial charge in [-0.25, -0.2) is 0 Å². The SMILES string of the molecule is CC/C=C\C/C=C\C/C=C\C/C=C\C/C=C\C/C=C\C/C=C\C/C=C\C/C=C\C/C=C\CCCCCCCCCCC(=O)NC(COC1OC(CO)C(OC2OC(CO)C(O)C(O)C2O)C(O)C1O)C(O)/C=C/CC/C=C/CCCCCCCCCCCCCCCCCCCCCCCCC. The van der Waals surface area contributed by atoms with Gasteiger partial charge < -0.3 is 65.1 Å². The summed E-state index contributed by atoms with van der Waals surface area (Å²) in [5, 5.41) is 87.7. The topological polar surface area (TPSA) is 228 Å². The lowest BCUT2D eigenvalue weighted by atomic mass is 9.97. The molecule has 1 amide bonds. The second-order valence-corrected chi connectivity index (χ2v) is 28.2. The van der Waals surface area contributed by atoms with E-state index in [2.05, 4.69) is 153 Å². The molecule has 2 aliphatic rings. The second-order valence-electron chi connectivity index (χ2n) is 28.2. The Kier molecular flexibility index (Phi) is 64.4. The summed E-state index contributed by atoms with van der Waals surface area (Å²) < 4.78 is 22.9. The van der Waals surface area contributed by atoms with E-state index in [1.54, 1.807) is 6.08 Å². The van der Waals surface area contributed by atoms with Crippen molar-refractivity contribution in [1.29, 1.82) is 0 Å². The summed E-state index contributed by atoms with van der Waals surface area (Å²) in [6.45, 7) is 2.69. The molecule has 14 heteroatoms. The van der Waals surface area contributed by atoms with Crippen molar-refractivity contribution in [2.24, 2.45) is 0 Å². The van der Waals surface area contributed by atoms with Crippen LogP contribution in [0.2, 0.25) is 0 Å². The molecule has 0 aromatic carbocycles. The number of hydrogen-bond donors (Lipinski definition) is 9. The minimum Gasteiger partial charge on any atom is -0.394 e. The normalized spacial score (nSPS) is 22.5. The minimum atomic E-state index is -1.80. The number of nitrogens with one attached hydrogen (secondary N) is 1. The molecule has 14 nitrogen and oxygen atoms in total. The van der Waals surface area contributed by atoms with Gasteiger partial charge in [0.15, 0.2) is 12.6 Å². The van der Waals surface area contributed by atoms with Gasteiger partial charge in [0.2, 0.25) is 5.91 Å². The standard InChI is InChI=1S/C88H149NO13/c1-3-5-7-9-11-13-15-17-19-21-23-25-27-29-31-33-34-35-36-37-38-39-40-41-42-44-46-48-50-52-54-56-58-60-62-64-66-68-70-72-80(93)89-76(75-99-87-85(98)83(96)86(79(74-91)101-87)102-88-84(97)82(95)81(94)78(73-90)100-88)77(92)71-69-67-65-63-61-59-57-55-53-51-49-47-45-43-32-30-28-26-24-22-20-18-16-14-12-10-8-6-4-2/h5,7,11,13,17,19,23,25,29,31,34-35,37-38,40-41,44,46,50,52,61,63,69,71,76-79,81-88,90-92,94-98H,3-4,6,8-10,12,14-16,18,20-22,24,26-28,30,32-33,36,39,42-43,45,47-49,51,53-60,62,64-68,70,72-75H2,1-2H3,(H,89,93)/b7-5-,13-11-,19-17-,25-23-,31-29-,35-34-,38-37-,41-40-,46-44-,52-50-,63-61+,71-69+. The van der Waals surface area contributed by atoms with Gasteiger partial charge >= 0.3 is 0 Å². The molecule has 2 rings (SSSR count). The third-order valence-electron chi connectivity index (χ3n) is 19.0. The highest BCUT2D eigenvalue weighted by Crippen LogP contribution is 2.30. The third kappa shape index (κ3) is 52.0. The summed E-state index contributed by atoms with van der Waals surface area (Å²) in [6, 6.07) is -0.949. The molecule has 0 radical (unpaired) electrons. The molecule has 2 fully saturated rings. The number of aliphatic hydroxyl groups excluding tert-OH is 8. The Labute approximate surface area is 621 Å². The van der Waals surface area contributed by atoms with Crippen LogP contribution >= 0.6 is 0 Å². The summed E-state index contributed by atoms with van der Waals surface area (Å²) in [5.74, 6) is -0.260. The molecule has 0 saturated carbocycles. The molecular weight excluding hydrogens is 1280 g/mol. The van der Waals surface area contributed by atoms with Gasteiger partial charge in [0, 0.05) is 6.42 Å². The first kappa shape index (κ1) is 94.0. The highest BCUT2D eigenvalue weighted by Gasteiger charge is 2.51. The Morgan fingerprint density at radius 3 is 1.08 bits per heavy atom. The number of aliphatic hydroxyl groups is 8. The summed E-state index contributed by atoms with van der Waals surface area (Å²) >= 11 is 0. The highest BCUT2D eigenvalue weighted by molar-refractivity contribution is 5.76. The van der Waals surface area contributed by atoms with Crippen molar-refractivity contribution in [3.8, 4) is 0 Å². The molecule has 12 unspecified atom stereocenters. The lowest BCUT2D eigenvalue weighted by Crippen LogP contribution is -2.65. The van der Waals surface area contributed by atoms with Crippen molar-refractivity contribution in [1.82, 2.24) is 5.32 Å². The van der Waals surface area contributed by atoms with E-state index in [-0.39, 0.29) is 18.9 Å². The fraction of sp³-hybridized carbons (Fsp3) is 0.716. The number of allylic oxidation sites excluding steroid dienone is 23. The van der Waals surface area contributed by atoms with Gasteiger partial charge in [0.05, 0.1) is 32.0 Å². The van der Waals surface area contributed by atoms with Crippen molar-refractivity contribution >= 4 is 5.91 Å². The molecule has 2 aliphatic heterocycles. The summed E-state index contributed by atoms with van der Waals surface area (Å²) in [5.41, 5.74) is 0. The maximum atomic E-state index is 13.4. The van der Waals surface area contributed by atoms with Gasteiger partial charge in [-0.05, 0) is 109 Å². The predicted molar refractivity (Wildman–Crippen MR) is 424 cm³/mol. The molecule has 0 bridgehead atoms. The van der Waals surface area contributed by atoms with E-state index in [9.17, 15) is 45.6 Å². The summed E-state index contributed by atoms with van der Waals surface area (Å²) in [4.78, 5) is 13.4. The highest BCUT2D eigenvalue weighted by atomic mass is 16.7. The van der Waals surface area contributed by atoms with Crippen LogP contribution in [0, 0.1) is 0 Å². The molecule has 0 aromatic heterocycles. The van der Waals surface area contributed by atoms with Gasteiger partial charge in [0.25, 0.3) is 0 Å². The number of hydrogen-bond acceptors (Lipinski definition) is 13. The van der Waals surface area contributed by atoms with Crippen molar-refractivity contribution in [2.75, 3.05) is 19.8 Å². The van der Waals surface area contributed by atoms with E-state index in [1.165, 1.54) is 167 Å². The first-order valence-electron chi connectivity index (χ1n) is 41.1. The van der Waals surface area contributed by atoms with Crippen LogP contribution in [0.4, 0.5) is 0 Å². The molecule has 9 N–H and O–H groups in total. The van der Waals surface area contributed by atoms with E-state index in [1.807, 2.05) is 6.08 Å². The van der Waals surface area contributed by atoms with E-state index in [0.717, 1.165) is 109 Å². The van der Waals surface area contributed by atoms with Crippen molar-refractivity contribution in [3.63, 3.8) is 0 Å². The zero-order chi connectivity index (χ0) is 73.7. The molecule has 0 spiro atoms. The van der Waals surface area contributed by atoms with Gasteiger partial charge in [-0.2, -0.15) is 0 Å². The quantitative estimate of drug-likeness (QED) is 0.0204. The number of carbonyl (C=O) groups is 1. The van der Waals surface area contributed by atoms with E-state index >= 15 is 0 Å². The van der Waals surface area contributed by atoms with E-state index in [4.69, 9.17) is 18.9 Å². The van der Waals surface area contributed by atoms with Crippen LogP contribution < -0.4 is 5.32 Å². The van der Waals surface area contributed by atoms with Crippen LogP contribution in [0.5, 0.6) is 0 Å². The fourth-order valence-electron chi connectivity index (χ4n) is 12.6. The van der Waals surface area contributed by atoms with Crippen LogP contribution in [-0.2, 0) is 23.7 Å². The van der Waals surface area contributed by atoms with Crippen LogP contribution in [0.25, 0.3) is 0 Å². The van der Waals surface area contributed by atoms with Gasteiger partial charge in [-0.3, -0.25) is 4.79 Å². The monoisotopic (exact) mass is 1430 g/mol. The van der Waals surface area contributed by atoms with Crippen molar-refractivity contribution in [3.05, 3.63) is 146 Å². The molecule has 584 valence electrons. The zero-order valence-corrected chi connectivity index (χ0v) is 64.1. The molecule has 0 aliphatic carbocycles. The molecule has 12 atom stereocenters. The Balaban J connectivity index is 1.64. The molecule has 2 heterocycles. The first-order valence-corrected chi connectivity index (χ1v) is 41.1. The Bertz CT molecular complexity index is 2280. The largest absolute Gasteiger partial charge is 0.394 e. The van der Waals surface area contributed by atoms with Crippen LogP contribution in [0.1, 0.15) is 309 Å². The number of carbonyl (C=O) groups excluding carboxylic acids is 1. The molecule has 102 heavy (non-hydrogen) atoms. The number of unbranched alkanes of at least 4 members (excludes halogenated alkanes) is 32. The molecule has 0 aromatic rings. The minimum absolute atomic E-state index is 0.255. The first-order chi connectivity index (χ1) is 50.1. The maximum absolute atomic E-state index is 13.4. The van der Waals surface area contributed by atoms with E-state index < -0.39 is 86.8 Å². The Hall–Kier alpha value is -4.13. The lowest BCUT2D eigenvalue weighted by molar-refractivity contribution is -0.359. The lowest BCUT2D eigenvalue weighted by Gasteiger charge is -2.46. The van der Waals surface area contributed by atoms with Gasteiger partial charge in [-0.1, -0.05) is 339 Å². The smallest absolute Gasteiger partial charge is 0.220 e. The number of amides is 1. The summed E-state index contributed by atoms with van der Waals surface area (Å²) in [7, 11) is 0. The Morgan fingerprint density at radius 2 is 0.686 bits per heavy atom. The average Bonchev–Trinajstić information content (AvgIpc) is 0.790. The zero-order valence-electron chi connectivity index (χ0n) is 64.1. The molecule has 2 saturated heterocycles. The maximum Gasteiger partial charge on any atom is 0.220 e.